The van der Waals surface area contributed by atoms with Gasteiger partial charge in [-0.2, -0.15) is 0 Å². The largest absolute Gasteiger partial charge is 0.388 e. The Morgan fingerprint density at radius 2 is 1.91 bits per heavy atom. The van der Waals surface area contributed by atoms with E-state index in [4.69, 9.17) is 0 Å². The summed E-state index contributed by atoms with van der Waals surface area (Å²) in [5.41, 5.74) is 0. The van der Waals surface area contributed by atoms with Crippen molar-refractivity contribution in [2.24, 2.45) is 11.8 Å². The lowest BCUT2D eigenvalue weighted by Crippen LogP contribution is -2.19. The van der Waals surface area contributed by atoms with Gasteiger partial charge in [0.1, 0.15) is 0 Å². The Hall–Kier alpha value is -0.560. The molecule has 1 nitrogen and oxygen atoms in total. The Morgan fingerprint density at radius 3 is 2.45 bits per heavy atom. The Labute approximate surface area is 68.4 Å². The number of hydrogen-bond donors (Lipinski definition) is 1. The minimum absolute atomic E-state index is 0.262. The molecule has 0 radical (unpaired) electrons. The molecule has 2 atom stereocenters. The van der Waals surface area contributed by atoms with Crippen molar-refractivity contribution in [2.45, 2.75) is 26.4 Å². The van der Waals surface area contributed by atoms with Gasteiger partial charge in [0.05, 0.1) is 6.10 Å². The minimum atomic E-state index is -0.262. The normalized spacial score (nSPS) is 29.8. The Balaban J connectivity index is 2.45. The maximum Gasteiger partial charge on any atom is 0.0786 e. The Bertz CT molecular complexity index is 168. The molecule has 2 unspecified atom stereocenters. The number of hydrogen-bond acceptors (Lipinski definition) is 1. The molecule has 1 N–H and O–H groups in total. The van der Waals surface area contributed by atoms with Crippen LogP contribution in [0.5, 0.6) is 0 Å². The summed E-state index contributed by atoms with van der Waals surface area (Å²) in [6, 6.07) is 0. The first kappa shape index (κ1) is 8.54. The molecule has 0 aromatic carbocycles. The molecule has 1 heteroatoms. The molecule has 11 heavy (non-hydrogen) atoms. The second kappa shape index (κ2) is 3.72. The van der Waals surface area contributed by atoms with Crippen LogP contribution in [0.3, 0.4) is 0 Å². The van der Waals surface area contributed by atoms with Crippen molar-refractivity contribution in [3.63, 3.8) is 0 Å². The van der Waals surface area contributed by atoms with Crippen LogP contribution >= 0.6 is 0 Å². The minimum Gasteiger partial charge on any atom is -0.388 e. The standard InChI is InChI=1S/C10H16O/c1-8(2)7-9-5-3-4-6-10(9)11/h3-6,8-11H,7H2,1-2H3. The molecule has 0 amide bonds. The van der Waals surface area contributed by atoms with Crippen molar-refractivity contribution >= 4 is 0 Å². The highest BCUT2D eigenvalue weighted by Crippen LogP contribution is 2.20. The monoisotopic (exact) mass is 152 g/mol. The van der Waals surface area contributed by atoms with E-state index in [1.165, 1.54) is 0 Å². The molecular weight excluding hydrogens is 136 g/mol. The van der Waals surface area contributed by atoms with Gasteiger partial charge >= 0.3 is 0 Å². The zero-order valence-electron chi connectivity index (χ0n) is 7.20. The first-order chi connectivity index (χ1) is 5.20. The number of rotatable bonds is 2. The average molecular weight is 152 g/mol. The summed E-state index contributed by atoms with van der Waals surface area (Å²) in [6.07, 6.45) is 8.67. The average Bonchev–Trinajstić information content (AvgIpc) is 1.93. The van der Waals surface area contributed by atoms with Crippen LogP contribution < -0.4 is 0 Å². The molecule has 0 bridgehead atoms. The molecule has 0 spiro atoms. The predicted octanol–water partition coefficient (Wildman–Crippen LogP) is 2.14. The molecule has 0 aliphatic heterocycles. The van der Waals surface area contributed by atoms with Crippen molar-refractivity contribution in [3.8, 4) is 0 Å². The summed E-state index contributed by atoms with van der Waals surface area (Å²) >= 11 is 0. The lowest BCUT2D eigenvalue weighted by Gasteiger charge is -2.20. The van der Waals surface area contributed by atoms with Gasteiger partial charge in [-0.3, -0.25) is 0 Å². The fourth-order valence-electron chi connectivity index (χ4n) is 1.40. The fraction of sp³-hybridized carbons (Fsp3) is 0.600. The van der Waals surface area contributed by atoms with Crippen molar-refractivity contribution in [2.75, 3.05) is 0 Å². The molecule has 1 aliphatic carbocycles. The molecule has 0 heterocycles. The lowest BCUT2D eigenvalue weighted by molar-refractivity contribution is 0.161. The fourth-order valence-corrected chi connectivity index (χ4v) is 1.40. The van der Waals surface area contributed by atoms with E-state index in [0.29, 0.717) is 11.8 Å². The molecule has 0 saturated carbocycles. The van der Waals surface area contributed by atoms with Gasteiger partial charge in [0.25, 0.3) is 0 Å². The van der Waals surface area contributed by atoms with Gasteiger partial charge in [0.2, 0.25) is 0 Å². The van der Waals surface area contributed by atoms with Gasteiger partial charge in [-0.25, -0.2) is 0 Å². The molecule has 62 valence electrons. The lowest BCUT2D eigenvalue weighted by atomic mass is 9.89. The zero-order valence-corrected chi connectivity index (χ0v) is 7.20. The molecule has 0 aromatic heterocycles. The van der Waals surface area contributed by atoms with Crippen molar-refractivity contribution in [1.29, 1.82) is 0 Å². The zero-order chi connectivity index (χ0) is 8.27. The van der Waals surface area contributed by atoms with Crippen LogP contribution in [-0.4, -0.2) is 11.2 Å². The van der Waals surface area contributed by atoms with Crippen LogP contribution in [-0.2, 0) is 0 Å². The first-order valence-electron chi connectivity index (χ1n) is 4.23. The molecule has 1 aliphatic rings. The van der Waals surface area contributed by atoms with E-state index in [-0.39, 0.29) is 6.10 Å². The molecule has 0 saturated heterocycles. The van der Waals surface area contributed by atoms with E-state index < -0.39 is 0 Å². The smallest absolute Gasteiger partial charge is 0.0786 e. The van der Waals surface area contributed by atoms with E-state index in [1.54, 1.807) is 0 Å². The van der Waals surface area contributed by atoms with Gasteiger partial charge < -0.3 is 5.11 Å². The quantitative estimate of drug-likeness (QED) is 0.642. The third-order valence-electron chi connectivity index (χ3n) is 1.96. The highest BCUT2D eigenvalue weighted by Gasteiger charge is 2.16. The molecular formula is C10H16O. The maximum absolute atomic E-state index is 9.48. The van der Waals surface area contributed by atoms with Crippen LogP contribution in [0.4, 0.5) is 0 Å². The summed E-state index contributed by atoms with van der Waals surface area (Å²) in [5, 5.41) is 9.48. The van der Waals surface area contributed by atoms with Gasteiger partial charge in [-0.15, -0.1) is 0 Å². The predicted molar refractivity (Wildman–Crippen MR) is 47.2 cm³/mol. The summed E-state index contributed by atoms with van der Waals surface area (Å²) in [7, 11) is 0. The van der Waals surface area contributed by atoms with Crippen LogP contribution in [0.25, 0.3) is 0 Å². The Morgan fingerprint density at radius 1 is 1.27 bits per heavy atom. The van der Waals surface area contributed by atoms with E-state index in [1.807, 2.05) is 18.2 Å². The number of aliphatic hydroxyl groups excluding tert-OH is 1. The maximum atomic E-state index is 9.48. The third kappa shape index (κ3) is 2.51. The number of aliphatic hydroxyl groups is 1. The summed E-state index contributed by atoms with van der Waals surface area (Å²) in [4.78, 5) is 0. The van der Waals surface area contributed by atoms with E-state index in [2.05, 4.69) is 19.9 Å². The second-order valence-corrected chi connectivity index (χ2v) is 3.55. The highest BCUT2D eigenvalue weighted by molar-refractivity contribution is 5.14. The van der Waals surface area contributed by atoms with Crippen LogP contribution in [0.15, 0.2) is 24.3 Å². The summed E-state index contributed by atoms with van der Waals surface area (Å²) in [6.45, 7) is 4.36. The highest BCUT2D eigenvalue weighted by atomic mass is 16.3. The molecule has 1 rings (SSSR count). The van der Waals surface area contributed by atoms with Crippen LogP contribution in [0.1, 0.15) is 20.3 Å². The van der Waals surface area contributed by atoms with Gasteiger partial charge in [0, 0.05) is 5.92 Å². The van der Waals surface area contributed by atoms with Crippen molar-refractivity contribution < 1.29 is 5.11 Å². The van der Waals surface area contributed by atoms with Gasteiger partial charge in [-0.05, 0) is 12.3 Å². The van der Waals surface area contributed by atoms with E-state index in [9.17, 15) is 5.11 Å². The van der Waals surface area contributed by atoms with E-state index in [0.717, 1.165) is 6.42 Å². The number of allylic oxidation sites excluding steroid dienone is 2. The topological polar surface area (TPSA) is 20.2 Å². The Kier molecular flexibility index (Phi) is 2.89. The molecule has 0 fully saturated rings. The second-order valence-electron chi connectivity index (χ2n) is 3.55. The summed E-state index contributed by atoms with van der Waals surface area (Å²) in [5.74, 6) is 0.991. The van der Waals surface area contributed by atoms with Gasteiger partial charge in [0.15, 0.2) is 0 Å². The van der Waals surface area contributed by atoms with Crippen molar-refractivity contribution in [1.82, 2.24) is 0 Å². The SMILES string of the molecule is CC(C)CC1C=CC=CC1O. The van der Waals surface area contributed by atoms with E-state index >= 15 is 0 Å². The van der Waals surface area contributed by atoms with Crippen molar-refractivity contribution in [3.05, 3.63) is 24.3 Å². The summed E-state index contributed by atoms with van der Waals surface area (Å²) < 4.78 is 0. The molecule has 0 aromatic rings. The first-order valence-corrected chi connectivity index (χ1v) is 4.23. The van der Waals surface area contributed by atoms with Crippen LogP contribution in [0, 0.1) is 11.8 Å². The van der Waals surface area contributed by atoms with Gasteiger partial charge in [-0.1, -0.05) is 38.2 Å². The van der Waals surface area contributed by atoms with Crippen LogP contribution in [0.2, 0.25) is 0 Å². The third-order valence-corrected chi connectivity index (χ3v) is 1.96.